The van der Waals surface area contributed by atoms with Crippen molar-refractivity contribution in [3.05, 3.63) is 24.3 Å². The first-order valence-corrected chi connectivity index (χ1v) is 7.44. The molecule has 120 valence electrons. The Morgan fingerprint density at radius 3 is 2.43 bits per heavy atom. The molecule has 1 aliphatic heterocycles. The molecule has 1 aromatic carbocycles. The van der Waals surface area contributed by atoms with Crippen LogP contribution in [0.5, 0.6) is 11.5 Å². The fraction of sp³-hybridized carbons (Fsp3) is 0.625. The van der Waals surface area contributed by atoms with Crippen molar-refractivity contribution < 1.29 is 9.47 Å². The molecule has 4 nitrogen and oxygen atoms in total. The quantitative estimate of drug-likeness (QED) is 0.876. The van der Waals surface area contributed by atoms with Gasteiger partial charge in [0.25, 0.3) is 0 Å². The number of methoxy groups -OCH3 is 1. The lowest BCUT2D eigenvalue weighted by Gasteiger charge is -2.33. The van der Waals surface area contributed by atoms with Crippen LogP contribution in [0.3, 0.4) is 0 Å². The number of halogens is 1. The SMILES string of the molecule is COc1ccccc1OCCN1CCC(C(C)N)CC1.Cl. The maximum atomic E-state index is 5.96. The third kappa shape index (κ3) is 5.38. The van der Waals surface area contributed by atoms with Crippen LogP contribution in [0, 0.1) is 5.92 Å². The van der Waals surface area contributed by atoms with Gasteiger partial charge in [-0.3, -0.25) is 4.90 Å². The van der Waals surface area contributed by atoms with Gasteiger partial charge in [0.05, 0.1) is 7.11 Å². The Morgan fingerprint density at radius 2 is 1.86 bits per heavy atom. The van der Waals surface area contributed by atoms with Gasteiger partial charge >= 0.3 is 0 Å². The Kier molecular flexibility index (Phi) is 7.86. The topological polar surface area (TPSA) is 47.7 Å². The minimum atomic E-state index is 0. The summed E-state index contributed by atoms with van der Waals surface area (Å²) in [5, 5.41) is 0. The van der Waals surface area contributed by atoms with Crippen molar-refractivity contribution in [2.45, 2.75) is 25.8 Å². The molecule has 1 saturated heterocycles. The molecule has 1 atom stereocenters. The molecule has 1 unspecified atom stereocenters. The van der Waals surface area contributed by atoms with E-state index in [4.69, 9.17) is 15.2 Å². The van der Waals surface area contributed by atoms with Crippen LogP contribution < -0.4 is 15.2 Å². The number of piperidine rings is 1. The Bertz CT molecular complexity index is 407. The fourth-order valence-electron chi connectivity index (χ4n) is 2.73. The van der Waals surface area contributed by atoms with E-state index in [1.54, 1.807) is 7.11 Å². The summed E-state index contributed by atoms with van der Waals surface area (Å²) in [5.41, 5.74) is 5.96. The average Bonchev–Trinajstić information content (AvgIpc) is 2.48. The Labute approximate surface area is 134 Å². The van der Waals surface area contributed by atoms with Gasteiger partial charge in [-0.1, -0.05) is 12.1 Å². The third-order valence-corrected chi connectivity index (χ3v) is 4.11. The first-order chi connectivity index (χ1) is 9.70. The summed E-state index contributed by atoms with van der Waals surface area (Å²) in [6.45, 7) is 6.03. The largest absolute Gasteiger partial charge is 0.493 e. The molecule has 0 radical (unpaired) electrons. The van der Waals surface area contributed by atoms with Gasteiger partial charge in [-0.2, -0.15) is 0 Å². The van der Waals surface area contributed by atoms with Gasteiger partial charge in [0, 0.05) is 12.6 Å². The number of nitrogens with zero attached hydrogens (tertiary/aromatic N) is 1. The molecule has 1 aliphatic rings. The highest BCUT2D eigenvalue weighted by molar-refractivity contribution is 5.85. The van der Waals surface area contributed by atoms with E-state index in [1.807, 2.05) is 24.3 Å². The average molecular weight is 315 g/mol. The van der Waals surface area contributed by atoms with Gasteiger partial charge in [-0.15, -0.1) is 12.4 Å². The highest BCUT2D eigenvalue weighted by atomic mass is 35.5. The van der Waals surface area contributed by atoms with E-state index in [2.05, 4.69) is 11.8 Å². The molecule has 1 aromatic rings. The number of hydrogen-bond acceptors (Lipinski definition) is 4. The lowest BCUT2D eigenvalue weighted by atomic mass is 9.91. The van der Waals surface area contributed by atoms with E-state index in [-0.39, 0.29) is 12.4 Å². The summed E-state index contributed by atoms with van der Waals surface area (Å²) >= 11 is 0. The van der Waals surface area contributed by atoms with Gasteiger partial charge in [0.1, 0.15) is 6.61 Å². The van der Waals surface area contributed by atoms with E-state index in [0.29, 0.717) is 18.6 Å². The van der Waals surface area contributed by atoms with E-state index in [9.17, 15) is 0 Å². The second kappa shape index (κ2) is 9.13. The summed E-state index contributed by atoms with van der Waals surface area (Å²) in [7, 11) is 1.67. The maximum Gasteiger partial charge on any atom is 0.161 e. The zero-order valence-corrected chi connectivity index (χ0v) is 13.8. The zero-order chi connectivity index (χ0) is 14.4. The molecule has 2 rings (SSSR count). The summed E-state index contributed by atoms with van der Waals surface area (Å²) in [4.78, 5) is 2.45. The van der Waals surface area contributed by atoms with Crippen molar-refractivity contribution in [1.29, 1.82) is 0 Å². The van der Waals surface area contributed by atoms with Crippen LogP contribution in [-0.4, -0.2) is 44.3 Å². The molecule has 5 heteroatoms. The Balaban J connectivity index is 0.00000220. The molecule has 0 aliphatic carbocycles. The van der Waals surface area contributed by atoms with Crippen molar-refractivity contribution in [3.63, 3.8) is 0 Å². The lowest BCUT2D eigenvalue weighted by molar-refractivity contribution is 0.145. The zero-order valence-electron chi connectivity index (χ0n) is 13.0. The second-order valence-electron chi connectivity index (χ2n) is 5.54. The highest BCUT2D eigenvalue weighted by Gasteiger charge is 2.21. The van der Waals surface area contributed by atoms with Gasteiger partial charge in [-0.25, -0.2) is 0 Å². The Hall–Kier alpha value is -0.970. The number of para-hydroxylation sites is 2. The van der Waals surface area contributed by atoms with Crippen molar-refractivity contribution >= 4 is 12.4 Å². The maximum absolute atomic E-state index is 5.96. The molecule has 0 aromatic heterocycles. The van der Waals surface area contributed by atoms with Gasteiger partial charge in [-0.05, 0) is 50.9 Å². The van der Waals surface area contributed by atoms with Crippen LogP contribution in [0.25, 0.3) is 0 Å². The van der Waals surface area contributed by atoms with E-state index in [1.165, 1.54) is 12.8 Å². The summed E-state index contributed by atoms with van der Waals surface area (Å²) < 4.78 is 11.1. The molecular weight excluding hydrogens is 288 g/mol. The first-order valence-electron chi connectivity index (χ1n) is 7.44. The van der Waals surface area contributed by atoms with Crippen LogP contribution in [0.15, 0.2) is 24.3 Å². The van der Waals surface area contributed by atoms with E-state index >= 15 is 0 Å². The molecule has 2 N–H and O–H groups in total. The van der Waals surface area contributed by atoms with Crippen molar-refractivity contribution in [1.82, 2.24) is 4.90 Å². The summed E-state index contributed by atoms with van der Waals surface area (Å²) in [6.07, 6.45) is 2.40. The monoisotopic (exact) mass is 314 g/mol. The predicted molar refractivity (Wildman–Crippen MR) is 88.6 cm³/mol. The normalized spacial score (nSPS) is 17.9. The van der Waals surface area contributed by atoms with Gasteiger partial charge < -0.3 is 15.2 Å². The third-order valence-electron chi connectivity index (χ3n) is 4.11. The van der Waals surface area contributed by atoms with Crippen LogP contribution in [0.2, 0.25) is 0 Å². The molecule has 21 heavy (non-hydrogen) atoms. The van der Waals surface area contributed by atoms with Gasteiger partial charge in [0.15, 0.2) is 11.5 Å². The van der Waals surface area contributed by atoms with Crippen molar-refractivity contribution in [2.75, 3.05) is 33.4 Å². The lowest BCUT2D eigenvalue weighted by Crippen LogP contribution is -2.41. The molecular formula is C16H27ClN2O2. The number of hydrogen-bond donors (Lipinski definition) is 1. The minimum absolute atomic E-state index is 0. The number of nitrogens with two attached hydrogens (primary N) is 1. The minimum Gasteiger partial charge on any atom is -0.493 e. The van der Waals surface area contributed by atoms with E-state index in [0.717, 1.165) is 31.1 Å². The molecule has 1 fully saturated rings. The van der Waals surface area contributed by atoms with Crippen LogP contribution in [0.4, 0.5) is 0 Å². The Morgan fingerprint density at radius 1 is 1.24 bits per heavy atom. The predicted octanol–water partition coefficient (Wildman–Crippen LogP) is 2.56. The summed E-state index contributed by atoms with van der Waals surface area (Å²) in [6, 6.07) is 8.10. The number of ether oxygens (including phenoxy) is 2. The van der Waals surface area contributed by atoms with Crippen LogP contribution in [0.1, 0.15) is 19.8 Å². The molecule has 0 amide bonds. The molecule has 0 saturated carbocycles. The number of likely N-dealkylation sites (tertiary alicyclic amines) is 1. The summed E-state index contributed by atoms with van der Waals surface area (Å²) in [5.74, 6) is 2.30. The number of benzene rings is 1. The van der Waals surface area contributed by atoms with Crippen molar-refractivity contribution in [2.24, 2.45) is 11.7 Å². The molecule has 1 heterocycles. The second-order valence-corrected chi connectivity index (χ2v) is 5.54. The smallest absolute Gasteiger partial charge is 0.161 e. The fourth-order valence-corrected chi connectivity index (χ4v) is 2.73. The standard InChI is InChI=1S/C16H26N2O2.ClH/c1-13(17)14-7-9-18(10-8-14)11-12-20-16-6-4-3-5-15(16)19-2;/h3-6,13-14H,7-12,17H2,1-2H3;1H. The van der Waals surface area contributed by atoms with Crippen LogP contribution in [-0.2, 0) is 0 Å². The van der Waals surface area contributed by atoms with E-state index < -0.39 is 0 Å². The van der Waals surface area contributed by atoms with Gasteiger partial charge in [0.2, 0.25) is 0 Å². The number of rotatable bonds is 6. The van der Waals surface area contributed by atoms with Crippen molar-refractivity contribution in [3.8, 4) is 11.5 Å². The molecule has 0 spiro atoms. The first kappa shape index (κ1) is 18.1. The molecule has 0 bridgehead atoms. The highest BCUT2D eigenvalue weighted by Crippen LogP contribution is 2.26. The van der Waals surface area contributed by atoms with Crippen LogP contribution >= 0.6 is 12.4 Å².